The Hall–Kier alpha value is -0.710. The van der Waals surface area contributed by atoms with Gasteiger partial charge in [0.2, 0.25) is 11.8 Å². The Kier molecular flexibility index (Phi) is 4.94. The number of thioether (sulfide) groups is 1. The first-order chi connectivity index (χ1) is 7.19. The fourth-order valence-electron chi connectivity index (χ4n) is 1.54. The first-order valence-corrected chi connectivity index (χ1v) is 6.35. The molecule has 0 bridgehead atoms. The molecule has 0 radical (unpaired) electrons. The van der Waals surface area contributed by atoms with Gasteiger partial charge in [0, 0.05) is 7.05 Å². The molecule has 0 aromatic heterocycles. The Morgan fingerprint density at radius 1 is 1.67 bits per heavy atom. The number of rotatable bonds is 5. The number of hydrogen-bond donors (Lipinski definition) is 1. The number of carbonyl (C=O) groups is 2. The first-order valence-electron chi connectivity index (χ1n) is 5.30. The van der Waals surface area contributed by atoms with E-state index in [9.17, 15) is 9.59 Å². The SMILES string of the molecule is CCCCC1SCC(=O)N1CC(=O)NC. The van der Waals surface area contributed by atoms with E-state index in [1.54, 1.807) is 23.7 Å². The van der Waals surface area contributed by atoms with Gasteiger partial charge in [-0.25, -0.2) is 0 Å². The summed E-state index contributed by atoms with van der Waals surface area (Å²) in [5, 5.41) is 2.75. The summed E-state index contributed by atoms with van der Waals surface area (Å²) in [4.78, 5) is 24.4. The van der Waals surface area contributed by atoms with Crippen molar-refractivity contribution in [2.45, 2.75) is 31.6 Å². The van der Waals surface area contributed by atoms with Gasteiger partial charge in [-0.3, -0.25) is 9.59 Å². The predicted molar refractivity (Wildman–Crippen MR) is 61.6 cm³/mol. The second kappa shape index (κ2) is 6.00. The molecular weight excluding hydrogens is 212 g/mol. The van der Waals surface area contributed by atoms with Crippen molar-refractivity contribution < 1.29 is 9.59 Å². The van der Waals surface area contributed by atoms with Crippen LogP contribution in [0.4, 0.5) is 0 Å². The maximum Gasteiger partial charge on any atom is 0.239 e. The normalized spacial score (nSPS) is 20.8. The molecule has 0 spiro atoms. The third-order valence-corrected chi connectivity index (χ3v) is 3.75. The summed E-state index contributed by atoms with van der Waals surface area (Å²) in [6.45, 7) is 2.33. The maximum absolute atomic E-state index is 11.5. The lowest BCUT2D eigenvalue weighted by molar-refractivity contribution is -0.133. The van der Waals surface area contributed by atoms with E-state index >= 15 is 0 Å². The quantitative estimate of drug-likeness (QED) is 0.761. The van der Waals surface area contributed by atoms with Crippen LogP contribution in [-0.4, -0.2) is 41.4 Å². The number of hydrogen-bond acceptors (Lipinski definition) is 3. The van der Waals surface area contributed by atoms with Crippen LogP contribution in [0.1, 0.15) is 26.2 Å². The second-order valence-corrected chi connectivity index (χ2v) is 4.77. The minimum Gasteiger partial charge on any atom is -0.358 e. The lowest BCUT2D eigenvalue weighted by atomic mass is 10.2. The van der Waals surface area contributed by atoms with Gasteiger partial charge in [-0.1, -0.05) is 19.8 Å². The Morgan fingerprint density at radius 2 is 2.40 bits per heavy atom. The van der Waals surface area contributed by atoms with Gasteiger partial charge in [0.1, 0.15) is 6.54 Å². The van der Waals surface area contributed by atoms with Crippen molar-refractivity contribution in [3.63, 3.8) is 0 Å². The zero-order valence-electron chi connectivity index (χ0n) is 9.28. The van der Waals surface area contributed by atoms with E-state index in [1.807, 2.05) is 0 Å². The molecule has 1 rings (SSSR count). The highest BCUT2D eigenvalue weighted by Crippen LogP contribution is 2.28. The van der Waals surface area contributed by atoms with E-state index in [0.717, 1.165) is 19.3 Å². The van der Waals surface area contributed by atoms with Crippen LogP contribution >= 0.6 is 11.8 Å². The summed E-state index contributed by atoms with van der Waals surface area (Å²) in [7, 11) is 1.59. The van der Waals surface area contributed by atoms with Crippen LogP contribution in [0.15, 0.2) is 0 Å². The lowest BCUT2D eigenvalue weighted by Gasteiger charge is -2.22. The minimum absolute atomic E-state index is 0.0877. The van der Waals surface area contributed by atoms with E-state index in [-0.39, 0.29) is 23.7 Å². The number of amides is 2. The molecule has 4 nitrogen and oxygen atoms in total. The van der Waals surface area contributed by atoms with E-state index in [4.69, 9.17) is 0 Å². The van der Waals surface area contributed by atoms with Crippen molar-refractivity contribution in [3.8, 4) is 0 Å². The smallest absolute Gasteiger partial charge is 0.239 e. The van der Waals surface area contributed by atoms with Gasteiger partial charge in [0.15, 0.2) is 0 Å². The number of likely N-dealkylation sites (N-methyl/N-ethyl adjacent to an activating group) is 1. The van der Waals surface area contributed by atoms with Crippen molar-refractivity contribution >= 4 is 23.6 Å². The molecule has 1 unspecified atom stereocenters. The van der Waals surface area contributed by atoms with Crippen LogP contribution in [0.5, 0.6) is 0 Å². The van der Waals surface area contributed by atoms with E-state index in [1.165, 1.54) is 0 Å². The van der Waals surface area contributed by atoms with Crippen LogP contribution in [0.2, 0.25) is 0 Å². The van der Waals surface area contributed by atoms with Crippen molar-refractivity contribution in [2.24, 2.45) is 0 Å². The summed E-state index contributed by atoms with van der Waals surface area (Å²) >= 11 is 1.65. The standard InChI is InChI=1S/C10H18N2O2S/c1-3-4-5-10-12(6-8(13)11-2)9(14)7-15-10/h10H,3-7H2,1-2H3,(H,11,13). The molecule has 5 heteroatoms. The van der Waals surface area contributed by atoms with Gasteiger partial charge < -0.3 is 10.2 Å². The second-order valence-electron chi connectivity index (χ2n) is 3.60. The fraction of sp³-hybridized carbons (Fsp3) is 0.800. The van der Waals surface area contributed by atoms with Gasteiger partial charge in [-0.15, -0.1) is 11.8 Å². The Bertz CT molecular complexity index is 246. The highest BCUT2D eigenvalue weighted by atomic mass is 32.2. The third-order valence-electron chi connectivity index (χ3n) is 2.46. The van der Waals surface area contributed by atoms with E-state index in [2.05, 4.69) is 12.2 Å². The molecule has 15 heavy (non-hydrogen) atoms. The molecule has 1 aliphatic rings. The van der Waals surface area contributed by atoms with Crippen LogP contribution < -0.4 is 5.32 Å². The molecule has 2 amide bonds. The van der Waals surface area contributed by atoms with E-state index < -0.39 is 0 Å². The minimum atomic E-state index is -0.0904. The van der Waals surface area contributed by atoms with Gasteiger partial charge >= 0.3 is 0 Å². The van der Waals surface area contributed by atoms with Gasteiger partial charge in [0.25, 0.3) is 0 Å². The van der Waals surface area contributed by atoms with Crippen molar-refractivity contribution in [1.82, 2.24) is 10.2 Å². The molecule has 0 aromatic rings. The van der Waals surface area contributed by atoms with Crippen molar-refractivity contribution in [3.05, 3.63) is 0 Å². The number of carbonyl (C=O) groups excluding carboxylic acids is 2. The summed E-state index contributed by atoms with van der Waals surface area (Å²) in [5.74, 6) is 0.516. The van der Waals surface area contributed by atoms with Crippen LogP contribution in [0, 0.1) is 0 Å². The Labute approximate surface area is 94.8 Å². The lowest BCUT2D eigenvalue weighted by Crippen LogP contribution is -2.40. The molecule has 1 atom stereocenters. The molecular formula is C10H18N2O2S. The summed E-state index contributed by atoms with van der Waals surface area (Å²) in [6.07, 6.45) is 3.22. The topological polar surface area (TPSA) is 49.4 Å². The van der Waals surface area contributed by atoms with Gasteiger partial charge in [0.05, 0.1) is 11.1 Å². The molecule has 86 valence electrons. The summed E-state index contributed by atoms with van der Waals surface area (Å²) in [6, 6.07) is 0. The molecule has 0 aromatic carbocycles. The van der Waals surface area contributed by atoms with Gasteiger partial charge in [-0.2, -0.15) is 0 Å². The monoisotopic (exact) mass is 230 g/mol. The largest absolute Gasteiger partial charge is 0.358 e. The molecule has 1 N–H and O–H groups in total. The summed E-state index contributed by atoms with van der Waals surface area (Å²) < 4.78 is 0. The molecule has 1 heterocycles. The number of nitrogens with zero attached hydrogens (tertiary/aromatic N) is 1. The average Bonchev–Trinajstić information content (AvgIpc) is 2.57. The van der Waals surface area contributed by atoms with Crippen molar-refractivity contribution in [2.75, 3.05) is 19.3 Å². The maximum atomic E-state index is 11.5. The third kappa shape index (κ3) is 3.41. The van der Waals surface area contributed by atoms with Gasteiger partial charge in [-0.05, 0) is 6.42 Å². The molecule has 1 fully saturated rings. The number of unbranched alkanes of at least 4 members (excludes halogenated alkanes) is 1. The Balaban J connectivity index is 2.48. The molecule has 0 saturated carbocycles. The highest BCUT2D eigenvalue weighted by Gasteiger charge is 2.31. The van der Waals surface area contributed by atoms with Crippen molar-refractivity contribution in [1.29, 1.82) is 0 Å². The molecule has 1 aliphatic heterocycles. The fourth-order valence-corrected chi connectivity index (χ4v) is 2.75. The molecule has 1 saturated heterocycles. The van der Waals surface area contributed by atoms with Crippen LogP contribution in [-0.2, 0) is 9.59 Å². The highest BCUT2D eigenvalue weighted by molar-refractivity contribution is 8.00. The Morgan fingerprint density at radius 3 is 3.00 bits per heavy atom. The molecule has 0 aliphatic carbocycles. The van der Waals surface area contributed by atoms with Crippen LogP contribution in [0.3, 0.4) is 0 Å². The number of nitrogens with one attached hydrogen (secondary N) is 1. The zero-order valence-corrected chi connectivity index (χ0v) is 10.1. The average molecular weight is 230 g/mol. The van der Waals surface area contributed by atoms with Crippen LogP contribution in [0.25, 0.3) is 0 Å². The first kappa shape index (κ1) is 12.4. The zero-order chi connectivity index (χ0) is 11.3. The predicted octanol–water partition coefficient (Wildman–Crippen LogP) is 0.824. The van der Waals surface area contributed by atoms with E-state index in [0.29, 0.717) is 5.75 Å². The summed E-state index contributed by atoms with van der Waals surface area (Å²) in [5.41, 5.74) is 0.